The predicted molar refractivity (Wildman–Crippen MR) is 43.6 cm³/mol. The van der Waals surface area contributed by atoms with Gasteiger partial charge in [-0.05, 0) is 5.41 Å². The van der Waals surface area contributed by atoms with Crippen molar-refractivity contribution in [3.8, 4) is 0 Å². The summed E-state index contributed by atoms with van der Waals surface area (Å²) in [5, 5.41) is 0. The molecule has 0 heterocycles. The van der Waals surface area contributed by atoms with Crippen molar-refractivity contribution in [2.45, 2.75) is 20.8 Å². The maximum Gasteiger partial charge on any atom is 0.0803 e. The van der Waals surface area contributed by atoms with Gasteiger partial charge < -0.3 is 9.11 Å². The largest absolute Gasteiger partial charge is 0.308 e. The molecule has 0 unspecified atom stereocenters. The second-order valence-electron chi connectivity index (χ2n) is 4.13. The van der Waals surface area contributed by atoms with Gasteiger partial charge in [-0.1, -0.05) is 20.8 Å². The molecule has 0 atom stereocenters. The third-order valence-electron chi connectivity index (χ3n) is 0.765. The van der Waals surface area contributed by atoms with Gasteiger partial charge in [0, 0.05) is 6.26 Å². The van der Waals surface area contributed by atoms with E-state index in [2.05, 4.69) is 0 Å². The highest BCUT2D eigenvalue weighted by Crippen LogP contribution is 2.24. The Bertz CT molecular complexity index is 173. The summed E-state index contributed by atoms with van der Waals surface area (Å²) in [7, 11) is -4.27. The standard InChI is InChI=1S/C6H16O3S/c1-6(2,3)5-10(4,7,8)9/h5H2,1-4H3,(H2,7,8,9). The minimum atomic E-state index is -4.27. The van der Waals surface area contributed by atoms with Crippen LogP contribution in [0, 0.1) is 5.41 Å². The highest BCUT2D eigenvalue weighted by Gasteiger charge is 2.29. The zero-order valence-electron chi connectivity index (χ0n) is 6.92. The van der Waals surface area contributed by atoms with Crippen molar-refractivity contribution < 1.29 is 13.3 Å². The molecule has 0 bridgehead atoms. The molecule has 0 saturated heterocycles. The molecule has 0 saturated carbocycles. The second-order valence-corrected chi connectivity index (χ2v) is 7.28. The number of hydrogen-bond donors (Lipinski definition) is 2. The Balaban J connectivity index is 4.34. The Labute approximate surface area is 61.9 Å². The van der Waals surface area contributed by atoms with Crippen molar-refractivity contribution in [2.24, 2.45) is 5.41 Å². The van der Waals surface area contributed by atoms with Crippen LogP contribution in [0.25, 0.3) is 0 Å². The maximum absolute atomic E-state index is 10.9. The van der Waals surface area contributed by atoms with Crippen LogP contribution in [0.2, 0.25) is 0 Å². The number of rotatable bonds is 1. The van der Waals surface area contributed by atoms with Crippen molar-refractivity contribution in [3.63, 3.8) is 0 Å². The van der Waals surface area contributed by atoms with Crippen LogP contribution in [-0.2, 0) is 9.63 Å². The molecule has 2 N–H and O–H groups in total. The van der Waals surface area contributed by atoms with Crippen molar-refractivity contribution in [2.75, 3.05) is 12.0 Å². The lowest BCUT2D eigenvalue weighted by Gasteiger charge is -2.32. The van der Waals surface area contributed by atoms with Gasteiger partial charge in [-0.2, -0.15) is 0 Å². The number of hydrogen-bond acceptors (Lipinski definition) is 1. The lowest BCUT2D eigenvalue weighted by molar-refractivity contribution is 0.362. The van der Waals surface area contributed by atoms with E-state index in [1.807, 2.05) is 0 Å². The lowest BCUT2D eigenvalue weighted by atomic mass is 10.0. The first-order chi connectivity index (χ1) is 3.96. The van der Waals surface area contributed by atoms with Gasteiger partial charge in [0.15, 0.2) is 0 Å². The smallest absolute Gasteiger partial charge is 0.0803 e. The van der Waals surface area contributed by atoms with Crippen molar-refractivity contribution in [3.05, 3.63) is 0 Å². The molecule has 0 rings (SSSR count). The first kappa shape index (κ1) is 10.1. The van der Waals surface area contributed by atoms with E-state index in [1.165, 1.54) is 0 Å². The molecule has 0 radical (unpaired) electrons. The summed E-state index contributed by atoms with van der Waals surface area (Å²) >= 11 is 0. The summed E-state index contributed by atoms with van der Waals surface area (Å²) in [6.07, 6.45) is 0.975. The topological polar surface area (TPSA) is 57.5 Å². The van der Waals surface area contributed by atoms with Crippen LogP contribution in [0.15, 0.2) is 0 Å². The molecule has 0 fully saturated rings. The van der Waals surface area contributed by atoms with Crippen molar-refractivity contribution in [1.82, 2.24) is 0 Å². The van der Waals surface area contributed by atoms with Crippen LogP contribution in [0.5, 0.6) is 0 Å². The average Bonchev–Trinajstić information content (AvgIpc) is 1.09. The maximum atomic E-state index is 10.9. The van der Waals surface area contributed by atoms with E-state index in [0.29, 0.717) is 0 Å². The van der Waals surface area contributed by atoms with Gasteiger partial charge in [-0.25, -0.2) is 4.21 Å². The van der Waals surface area contributed by atoms with E-state index in [1.54, 1.807) is 20.8 Å². The molecule has 0 aromatic carbocycles. The zero-order chi connectivity index (χ0) is 8.65. The van der Waals surface area contributed by atoms with Crippen LogP contribution < -0.4 is 0 Å². The predicted octanol–water partition coefficient (Wildman–Crippen LogP) is 1.43. The molecular formula is C6H16O3S. The fourth-order valence-corrected chi connectivity index (χ4v) is 2.99. The van der Waals surface area contributed by atoms with Crippen LogP contribution in [-0.4, -0.2) is 25.3 Å². The molecule has 0 amide bonds. The summed E-state index contributed by atoms with van der Waals surface area (Å²) in [5.41, 5.74) is -0.318. The highest BCUT2D eigenvalue weighted by atomic mass is 32.3. The molecule has 0 aliphatic carbocycles. The Hall–Kier alpha value is 0.0700. The van der Waals surface area contributed by atoms with Gasteiger partial charge in [0.1, 0.15) is 0 Å². The molecule has 0 aliphatic rings. The normalized spacial score (nSPS) is 18.0. The SMILES string of the molecule is CC(C)(C)CS(C)(=O)(O)O. The molecular weight excluding hydrogens is 152 g/mol. The fraction of sp³-hybridized carbons (Fsp3) is 1.00. The van der Waals surface area contributed by atoms with E-state index in [9.17, 15) is 4.21 Å². The summed E-state index contributed by atoms with van der Waals surface area (Å²) in [4.78, 5) is 0. The van der Waals surface area contributed by atoms with Crippen LogP contribution in [0.1, 0.15) is 20.8 Å². The minimum absolute atomic E-state index is 0.0792. The summed E-state index contributed by atoms with van der Waals surface area (Å²) in [6.45, 7) is 5.41. The van der Waals surface area contributed by atoms with E-state index < -0.39 is 9.63 Å². The van der Waals surface area contributed by atoms with E-state index in [-0.39, 0.29) is 11.2 Å². The Morgan fingerprint density at radius 2 is 1.60 bits per heavy atom. The molecule has 10 heavy (non-hydrogen) atoms. The molecule has 4 heteroatoms. The molecule has 0 aliphatic heterocycles. The fourth-order valence-electron chi connectivity index (χ4n) is 0.997. The van der Waals surface area contributed by atoms with Gasteiger partial charge >= 0.3 is 0 Å². The lowest BCUT2D eigenvalue weighted by Crippen LogP contribution is -2.39. The summed E-state index contributed by atoms with van der Waals surface area (Å²) < 4.78 is 28.8. The minimum Gasteiger partial charge on any atom is -0.308 e. The van der Waals surface area contributed by atoms with Gasteiger partial charge in [-0.15, -0.1) is 0 Å². The van der Waals surface area contributed by atoms with Crippen molar-refractivity contribution >= 4 is 9.63 Å². The second kappa shape index (κ2) is 2.03. The van der Waals surface area contributed by atoms with Crippen LogP contribution in [0.4, 0.5) is 0 Å². The summed E-state index contributed by atoms with van der Waals surface area (Å²) in [5.74, 6) is -0.0792. The molecule has 0 aromatic rings. The third kappa shape index (κ3) is 8.07. The quantitative estimate of drug-likeness (QED) is 0.622. The molecule has 3 nitrogen and oxygen atoms in total. The monoisotopic (exact) mass is 168 g/mol. The van der Waals surface area contributed by atoms with E-state index in [4.69, 9.17) is 9.11 Å². The molecule has 0 spiro atoms. The van der Waals surface area contributed by atoms with Gasteiger partial charge in [0.25, 0.3) is 0 Å². The third-order valence-corrected chi connectivity index (χ3v) is 2.30. The highest BCUT2D eigenvalue weighted by molar-refractivity contribution is 8.09. The molecule has 64 valence electrons. The Morgan fingerprint density at radius 1 is 1.30 bits per heavy atom. The first-order valence-electron chi connectivity index (χ1n) is 3.08. The Kier molecular flexibility index (Phi) is 2.04. The van der Waals surface area contributed by atoms with Gasteiger partial charge in [-0.3, -0.25) is 0 Å². The average molecular weight is 168 g/mol. The summed E-state index contributed by atoms with van der Waals surface area (Å²) in [6, 6.07) is 0. The first-order valence-corrected chi connectivity index (χ1v) is 5.54. The van der Waals surface area contributed by atoms with Crippen molar-refractivity contribution in [1.29, 1.82) is 0 Å². The van der Waals surface area contributed by atoms with E-state index >= 15 is 0 Å². The van der Waals surface area contributed by atoms with Gasteiger partial charge in [0.2, 0.25) is 0 Å². The Morgan fingerprint density at radius 3 is 1.60 bits per heavy atom. The zero-order valence-corrected chi connectivity index (χ0v) is 7.73. The van der Waals surface area contributed by atoms with Gasteiger partial charge in [0.05, 0.1) is 15.4 Å². The van der Waals surface area contributed by atoms with Crippen LogP contribution in [0.3, 0.4) is 0 Å². The molecule has 0 aromatic heterocycles. The van der Waals surface area contributed by atoms with E-state index in [0.717, 1.165) is 6.26 Å². The van der Waals surface area contributed by atoms with Crippen LogP contribution >= 0.6 is 0 Å².